The number of aromatic carboxylic acids is 1. The number of carboxylic acid groups (broad SMARTS) is 1. The number of halogens is 28. The van der Waals surface area contributed by atoms with Crippen molar-refractivity contribution in [3.63, 3.8) is 0 Å². The molecule has 125 heavy (non-hydrogen) atoms. The Kier molecular flexibility index (Phi) is 37.6. The third-order valence-electron chi connectivity index (χ3n) is 13.5. The van der Waals surface area contributed by atoms with E-state index in [9.17, 15) is 176 Å². The third kappa shape index (κ3) is 40.3. The molecule has 1 aliphatic rings. The standard InChI is InChI=1S/C19H13F4S.C10H6O5S.C10H8O3S.C8H3BF6.C8H5F3O2.C7H8O3S.C6BF5.CHF3O3S.ClHO4.F6P/c1-12-2-4-17(5-3-12)24(18-8-13(20)6-14(21)9-18)19-10-15(22)7-16(23)11-19;11-8-5-9(16(13,14)15)6-3-1-2-4-7(6)10(8)12;11-14(12,13)10-6-5-8-3-1-2-4-9(8)7-10;9-6-2-4(7(10,11)12)1-5(3-6)8(13,14)15;9-8(10,11)6-3-1-5(2-4-6)7(12)13;1-6-2-4-7(5-3-6)11(8,9)10;7-1-2(8)4(10)6(12)5(11)3(1)9;2-1(3,4)8(5,6)7;2-1(3,4)5;1-7(2,3,4,5)6/h2-11H,1H3;1-5H,(H,13,14,15);1-7H,(H,11,12,13);1-3H;1-4H,(H,12,13);2-5H,1H3,(H,8,9,10);;(H,5,6,7);(H,2,3,4,5);/q+1;;;;;;;;;-1/p-6. The number of carbonyl (C=O) groups is 3. The first kappa shape index (κ1) is 111. The van der Waals surface area contributed by atoms with Gasteiger partial charge in [0.2, 0.25) is 11.6 Å². The minimum atomic E-state index is -10.7. The average Bonchev–Trinajstić information content (AvgIpc) is 0.790. The van der Waals surface area contributed by atoms with Gasteiger partial charge in [-0.3, -0.25) is 9.59 Å². The first-order valence-corrected chi connectivity index (χ1v) is 41.2. The fraction of sp³-hybridized carbons (Fsp3) is 0.0870. The number of ketones is 2. The molecule has 0 aromatic heterocycles. The van der Waals surface area contributed by atoms with E-state index in [1.54, 1.807) is 42.5 Å². The Morgan fingerprint density at radius 1 is 0.400 bits per heavy atom. The van der Waals surface area contributed by atoms with Crippen LogP contribution in [0.4, 0.5) is 117 Å². The third-order valence-corrected chi connectivity index (χ3v) is 18.8. The van der Waals surface area contributed by atoms with Gasteiger partial charge >= 0.3 is 57.0 Å². The molecule has 4 radical (unpaired) electrons. The number of rotatable bonds is 7. The number of Topliss-reactive ketones (excluding diaryl/α,β-unsaturated/α-hetero) is 1. The SMILES string of the molecule is Cc1ccc(S(=O)(=O)[O-])cc1.Cc1ccc([S+](c2cc(F)cc(F)c2)c2cc(F)cc(F)c2)cc1.F[P-](F)(F)(F)(F)F.O=C([O-])c1ccc(C(F)(F)F)cc1.O=C1C=C(S(=O)(=O)[O-])c2ccccc2C1=O.O=S(=O)([O-])C(F)(F)F.O=S(=O)([O-])c1ccc2ccccc2c1.[B]c1c(F)c(F)c(F)c(F)c1F.[B]c1cc(C(F)(F)F)cc(C(F)(F)F)c1.[O-][Cl+3]([O-])([O-])[O-]. The van der Waals surface area contributed by atoms with Crippen LogP contribution in [0.5, 0.6) is 0 Å². The van der Waals surface area contributed by atoms with E-state index in [4.69, 9.17) is 39.5 Å². The summed E-state index contributed by atoms with van der Waals surface area (Å²) >= 11 is 0. The van der Waals surface area contributed by atoms with Crippen molar-refractivity contribution in [1.29, 1.82) is 0 Å². The Labute approximate surface area is 692 Å². The van der Waals surface area contributed by atoms with Crippen molar-refractivity contribution in [3.05, 3.63) is 297 Å². The molecule has 0 fully saturated rings. The van der Waals surface area contributed by atoms with Crippen molar-refractivity contribution >= 4 is 119 Å². The number of carbonyl (C=O) groups excluding carboxylic acids is 3. The Morgan fingerprint density at radius 2 is 0.728 bits per heavy atom. The van der Waals surface area contributed by atoms with Gasteiger partial charge in [0.1, 0.15) is 69.3 Å². The van der Waals surface area contributed by atoms with Crippen molar-refractivity contribution < 1.29 is 218 Å². The monoisotopic (exact) mass is 1950 g/mol. The Balaban J connectivity index is 0.000000482. The maximum absolute atomic E-state index is 13.7. The summed E-state index contributed by atoms with van der Waals surface area (Å²) < 4.78 is 472. The van der Waals surface area contributed by atoms with Gasteiger partial charge in [-0.25, -0.2) is 91.8 Å². The molecule has 1 aliphatic carbocycles. The van der Waals surface area contributed by atoms with Crippen LogP contribution in [0.15, 0.2) is 225 Å². The van der Waals surface area contributed by atoms with Gasteiger partial charge in [-0.15, -0.1) is 10.2 Å². The van der Waals surface area contributed by atoms with Gasteiger partial charge in [0.15, 0.2) is 53.9 Å². The van der Waals surface area contributed by atoms with Gasteiger partial charge in [0.25, 0.3) is 0 Å². The second-order valence-electron chi connectivity index (χ2n) is 23.2. The summed E-state index contributed by atoms with van der Waals surface area (Å²) in [6.07, 6.45) is -13.5. The summed E-state index contributed by atoms with van der Waals surface area (Å²) in [5.41, 5.74) is -9.67. The van der Waals surface area contributed by atoms with Gasteiger partial charge in [-0.1, -0.05) is 120 Å². The topological polar surface area (TPSA) is 395 Å². The van der Waals surface area contributed by atoms with E-state index in [1.807, 2.05) is 38.1 Å². The van der Waals surface area contributed by atoms with Crippen LogP contribution in [0.1, 0.15) is 54.1 Å². The molecule has 678 valence electrons. The number of fused-ring (bicyclic) bond motifs is 2. The maximum Gasteiger partial charge on any atom is 0.485 e. The predicted molar refractivity (Wildman–Crippen MR) is 369 cm³/mol. The first-order valence-electron chi connectivity index (χ1n) is 31.1. The molecular weight excluding hydrogens is 1910 g/mol. The molecule has 0 saturated carbocycles. The van der Waals surface area contributed by atoms with Crippen LogP contribution in [0.3, 0.4) is 0 Å². The van der Waals surface area contributed by atoms with Crippen LogP contribution >= 0.6 is 7.81 Å². The second kappa shape index (κ2) is 42.4. The predicted octanol–water partition coefficient (Wildman–Crippen LogP) is 12.1. The van der Waals surface area contributed by atoms with E-state index in [1.165, 1.54) is 72.8 Å². The summed E-state index contributed by atoms with van der Waals surface area (Å²) in [4.78, 5) is 33.1. The number of alkyl halides is 12. The van der Waals surface area contributed by atoms with E-state index in [0.29, 0.717) is 40.1 Å². The Morgan fingerprint density at radius 3 is 1.06 bits per heavy atom. The van der Waals surface area contributed by atoms with Crippen LogP contribution in [0, 0.1) is 76.4 Å². The van der Waals surface area contributed by atoms with Crippen molar-refractivity contribution in [1.82, 2.24) is 0 Å². The van der Waals surface area contributed by atoms with Crippen molar-refractivity contribution in [2.75, 3.05) is 0 Å². The number of benzene rings is 10. The number of carboxylic acids is 1. The fourth-order valence-corrected chi connectivity index (χ4v) is 12.1. The van der Waals surface area contributed by atoms with Crippen molar-refractivity contribution in [2.45, 2.75) is 62.4 Å². The van der Waals surface area contributed by atoms with Crippen LogP contribution in [0.25, 0.3) is 15.7 Å². The van der Waals surface area contributed by atoms with E-state index in [-0.39, 0.29) is 32.5 Å². The molecule has 0 atom stereocenters. The van der Waals surface area contributed by atoms with Crippen molar-refractivity contribution in [3.8, 4) is 0 Å². The van der Waals surface area contributed by atoms with Crippen LogP contribution in [-0.4, -0.2) is 90.6 Å². The summed E-state index contributed by atoms with van der Waals surface area (Å²) in [5.74, 6) is -16.5. The van der Waals surface area contributed by atoms with Crippen LogP contribution in [0.2, 0.25) is 0 Å². The molecule has 11 rings (SSSR count). The average molecular weight is 1950 g/mol. The van der Waals surface area contributed by atoms with Gasteiger partial charge in [-0.05, 0) is 90.2 Å². The minimum Gasteiger partial charge on any atom is -0.744 e. The molecule has 0 unspecified atom stereocenters. The summed E-state index contributed by atoms with van der Waals surface area (Å²) in [6.45, 7) is 3.73. The van der Waals surface area contributed by atoms with E-state index in [0.717, 1.165) is 51.1 Å². The zero-order valence-corrected chi connectivity index (χ0v) is 66.2. The molecule has 20 nitrogen and oxygen atoms in total. The molecule has 0 saturated heterocycles. The normalized spacial score (nSPS) is 12.9. The quantitative estimate of drug-likeness (QED) is 0.0165. The molecule has 0 N–H and O–H groups in total. The number of hydrogen-bond acceptors (Lipinski definition) is 20. The molecule has 0 spiro atoms. The van der Waals surface area contributed by atoms with E-state index >= 15 is 0 Å². The first-order chi connectivity index (χ1) is 56.1. The van der Waals surface area contributed by atoms with Gasteiger partial charge in [-0.2, -0.15) is 52.7 Å². The number of aryl methyl sites for hydroxylation is 2. The summed E-state index contributed by atoms with van der Waals surface area (Å²) in [5, 5.41) is 11.8. The Hall–Kier alpha value is -10.2. The smallest absolute Gasteiger partial charge is 0.485 e. The summed E-state index contributed by atoms with van der Waals surface area (Å²) in [7, 11) is -26.6. The number of allylic oxidation sites excluding steroid dienone is 1. The fourth-order valence-electron chi connectivity index (χ4n) is 8.30. The molecule has 10 aromatic rings. The molecule has 0 bridgehead atoms. The molecule has 0 aliphatic heterocycles. The molecule has 0 heterocycles. The molecular formula is C69H39B2ClF27O20PS5-6. The zero-order valence-electron chi connectivity index (χ0n) is 60.4. The maximum atomic E-state index is 13.7. The summed E-state index contributed by atoms with van der Waals surface area (Å²) in [6, 6.07) is 40.6. The Bertz CT molecular complexity index is 5800. The molecule has 56 heteroatoms. The van der Waals surface area contributed by atoms with Gasteiger partial charge in [0, 0.05) is 53.6 Å². The van der Waals surface area contributed by atoms with Crippen molar-refractivity contribution in [2.24, 2.45) is 0 Å². The second-order valence-corrected chi connectivity index (χ2v) is 33.4. The largest absolute Gasteiger partial charge is 0.744 e. The van der Waals surface area contributed by atoms with E-state index in [2.05, 4.69) is 7.85 Å². The minimum absolute atomic E-state index is 0.0119. The van der Waals surface area contributed by atoms with E-state index < -0.39 is 196 Å². The van der Waals surface area contributed by atoms with Crippen LogP contribution in [-0.2, 0) is 74.7 Å². The molecule has 0 amide bonds. The van der Waals surface area contributed by atoms with Gasteiger partial charge in [0.05, 0.1) is 48.3 Å². The van der Waals surface area contributed by atoms with Gasteiger partial charge < -0.3 is 28.1 Å². The number of hydrogen-bond donors (Lipinski definition) is 0. The zero-order chi connectivity index (χ0) is 97.1. The van der Waals surface area contributed by atoms with Crippen LogP contribution < -0.4 is 34.7 Å². The molecule has 10 aromatic carbocycles.